The lowest BCUT2D eigenvalue weighted by Gasteiger charge is -2.02. The lowest BCUT2D eigenvalue weighted by atomic mass is 10.1. The number of esters is 1. The van der Waals surface area contributed by atoms with E-state index in [1.54, 1.807) is 24.3 Å². The summed E-state index contributed by atoms with van der Waals surface area (Å²) < 4.78 is 5.25. The number of halogens is 2. The molecule has 0 bridgehead atoms. The fourth-order valence-electron chi connectivity index (χ4n) is 2.12. The molecule has 0 aromatic heterocycles. The van der Waals surface area contributed by atoms with Gasteiger partial charge in [0.25, 0.3) is 0 Å². The summed E-state index contributed by atoms with van der Waals surface area (Å²) in [7, 11) is 0. The molecule has 0 saturated carbocycles. The minimum Gasteiger partial charge on any atom is -0.402 e. The summed E-state index contributed by atoms with van der Waals surface area (Å²) in [6.45, 7) is 1.93. The third-order valence-corrected chi connectivity index (χ3v) is 4.10. The molecule has 1 aliphatic rings. The van der Waals surface area contributed by atoms with Crippen molar-refractivity contribution in [1.82, 2.24) is 0 Å². The fraction of sp³-hybridized carbons (Fsp3) is 0.0588. The molecule has 0 atom stereocenters. The molecule has 3 rings (SSSR count). The maximum atomic E-state index is 12.0. The van der Waals surface area contributed by atoms with E-state index < -0.39 is 5.97 Å². The predicted molar refractivity (Wildman–Crippen MR) is 88.2 cm³/mol. The van der Waals surface area contributed by atoms with E-state index in [1.807, 2.05) is 31.2 Å². The molecule has 1 heterocycles. The number of carbonyl (C=O) groups is 1. The Balaban J connectivity index is 2.02. The molecule has 0 spiro atoms. The molecular weight excluding hydrogens is 321 g/mol. The number of aryl methyl sites for hydroxylation is 1. The highest BCUT2D eigenvalue weighted by atomic mass is 35.5. The van der Waals surface area contributed by atoms with Gasteiger partial charge >= 0.3 is 5.97 Å². The Bertz CT molecular complexity index is 825. The summed E-state index contributed by atoms with van der Waals surface area (Å²) in [4.78, 5) is 16.3. The van der Waals surface area contributed by atoms with Crippen molar-refractivity contribution < 1.29 is 9.53 Å². The molecule has 1 aliphatic heterocycles. The first kappa shape index (κ1) is 14.8. The number of cyclic esters (lactones) is 1. The van der Waals surface area contributed by atoms with E-state index in [0.717, 1.165) is 11.1 Å². The average Bonchev–Trinajstić information content (AvgIpc) is 2.85. The molecule has 0 N–H and O–H groups in total. The first-order valence-corrected chi connectivity index (χ1v) is 7.34. The van der Waals surface area contributed by atoms with Crippen LogP contribution in [0, 0.1) is 6.92 Å². The highest BCUT2D eigenvalue weighted by molar-refractivity contribution is 6.43. The Hall–Kier alpha value is -2.10. The number of benzene rings is 2. The Morgan fingerprint density at radius 3 is 2.64 bits per heavy atom. The van der Waals surface area contributed by atoms with Crippen LogP contribution in [0.1, 0.15) is 16.7 Å². The Kier molecular flexibility index (Phi) is 4.01. The van der Waals surface area contributed by atoms with E-state index in [2.05, 4.69) is 4.99 Å². The van der Waals surface area contributed by atoms with Crippen molar-refractivity contribution in [2.24, 2.45) is 4.99 Å². The number of hydrogen-bond donors (Lipinski definition) is 0. The standard InChI is InChI=1S/C17H11Cl2NO2/c1-10-5-2-3-7-12(10)16-20-14(17(21)22-16)9-11-6-4-8-13(18)15(11)19/h2-9H,1H3/b14-9-. The number of ether oxygens (including phenoxy) is 1. The molecule has 2 aromatic carbocycles. The molecule has 0 unspecified atom stereocenters. The van der Waals surface area contributed by atoms with Gasteiger partial charge in [0.2, 0.25) is 5.90 Å². The van der Waals surface area contributed by atoms with Crippen LogP contribution in [-0.4, -0.2) is 11.9 Å². The Labute approximate surface area is 137 Å². The molecular formula is C17H11Cl2NO2. The van der Waals surface area contributed by atoms with Crippen LogP contribution >= 0.6 is 23.2 Å². The summed E-state index contributed by atoms with van der Waals surface area (Å²) >= 11 is 12.1. The SMILES string of the molecule is Cc1ccccc1C1=N/C(=C\c2cccc(Cl)c2Cl)C(=O)O1. The summed E-state index contributed by atoms with van der Waals surface area (Å²) in [6, 6.07) is 12.8. The van der Waals surface area contributed by atoms with E-state index in [1.165, 1.54) is 0 Å². The number of nitrogens with zero attached hydrogens (tertiary/aromatic N) is 1. The minimum atomic E-state index is -0.505. The first-order valence-electron chi connectivity index (χ1n) is 6.59. The van der Waals surface area contributed by atoms with Gasteiger partial charge in [0.15, 0.2) is 5.70 Å². The summed E-state index contributed by atoms with van der Waals surface area (Å²) in [5.74, 6) is -0.207. The molecule has 0 aliphatic carbocycles. The van der Waals surface area contributed by atoms with Crippen LogP contribution in [0.2, 0.25) is 10.0 Å². The van der Waals surface area contributed by atoms with E-state index in [-0.39, 0.29) is 5.70 Å². The van der Waals surface area contributed by atoms with Crippen molar-refractivity contribution in [2.75, 3.05) is 0 Å². The zero-order valence-corrected chi connectivity index (χ0v) is 13.2. The van der Waals surface area contributed by atoms with Gasteiger partial charge in [-0.3, -0.25) is 0 Å². The normalized spacial score (nSPS) is 15.9. The van der Waals surface area contributed by atoms with Crippen LogP contribution in [0.25, 0.3) is 6.08 Å². The van der Waals surface area contributed by atoms with Crippen LogP contribution in [0.5, 0.6) is 0 Å². The highest BCUT2D eigenvalue weighted by Gasteiger charge is 2.25. The van der Waals surface area contributed by atoms with Crippen LogP contribution in [0.15, 0.2) is 53.2 Å². The number of carbonyl (C=O) groups excluding carboxylic acids is 1. The van der Waals surface area contributed by atoms with Gasteiger partial charge in [-0.25, -0.2) is 9.79 Å². The van der Waals surface area contributed by atoms with Crippen molar-refractivity contribution in [3.63, 3.8) is 0 Å². The van der Waals surface area contributed by atoms with Crippen LogP contribution in [-0.2, 0) is 9.53 Å². The van der Waals surface area contributed by atoms with Gasteiger partial charge in [0.1, 0.15) is 0 Å². The van der Waals surface area contributed by atoms with Crippen molar-refractivity contribution >= 4 is 41.1 Å². The lowest BCUT2D eigenvalue weighted by molar-refractivity contribution is -0.129. The summed E-state index contributed by atoms with van der Waals surface area (Å²) in [5.41, 5.74) is 2.59. The lowest BCUT2D eigenvalue weighted by Crippen LogP contribution is -2.06. The van der Waals surface area contributed by atoms with E-state index >= 15 is 0 Å². The molecule has 0 fully saturated rings. The van der Waals surface area contributed by atoms with Gasteiger partial charge in [0.05, 0.1) is 10.0 Å². The predicted octanol–water partition coefficient (Wildman–Crippen LogP) is 4.65. The zero-order valence-electron chi connectivity index (χ0n) is 11.6. The van der Waals surface area contributed by atoms with Gasteiger partial charge in [-0.05, 0) is 36.3 Å². The van der Waals surface area contributed by atoms with Crippen molar-refractivity contribution in [3.8, 4) is 0 Å². The molecule has 0 saturated heterocycles. The van der Waals surface area contributed by atoms with E-state index in [0.29, 0.717) is 21.5 Å². The second kappa shape index (κ2) is 5.95. The van der Waals surface area contributed by atoms with Crippen molar-refractivity contribution in [1.29, 1.82) is 0 Å². The number of hydrogen-bond acceptors (Lipinski definition) is 3. The topological polar surface area (TPSA) is 38.7 Å². The molecule has 22 heavy (non-hydrogen) atoms. The number of aliphatic imine (C=N–C) groups is 1. The molecule has 2 aromatic rings. The third-order valence-electron chi connectivity index (χ3n) is 3.27. The maximum Gasteiger partial charge on any atom is 0.363 e. The van der Waals surface area contributed by atoms with Gasteiger partial charge in [-0.1, -0.05) is 53.5 Å². The van der Waals surface area contributed by atoms with Gasteiger partial charge in [0, 0.05) is 5.56 Å². The fourth-order valence-corrected chi connectivity index (χ4v) is 2.48. The molecule has 3 nitrogen and oxygen atoms in total. The van der Waals surface area contributed by atoms with Crippen LogP contribution in [0.3, 0.4) is 0 Å². The number of rotatable bonds is 2. The Morgan fingerprint density at radius 2 is 1.86 bits per heavy atom. The zero-order chi connectivity index (χ0) is 15.7. The second-order valence-electron chi connectivity index (χ2n) is 4.79. The van der Waals surface area contributed by atoms with E-state index in [9.17, 15) is 4.79 Å². The second-order valence-corrected chi connectivity index (χ2v) is 5.58. The van der Waals surface area contributed by atoms with Crippen LogP contribution in [0.4, 0.5) is 0 Å². The monoisotopic (exact) mass is 331 g/mol. The summed E-state index contributed by atoms with van der Waals surface area (Å²) in [5, 5.41) is 0.800. The third kappa shape index (κ3) is 2.78. The van der Waals surface area contributed by atoms with Crippen LogP contribution < -0.4 is 0 Å². The van der Waals surface area contributed by atoms with Crippen molar-refractivity contribution in [3.05, 3.63) is 74.9 Å². The molecule has 0 amide bonds. The van der Waals surface area contributed by atoms with Gasteiger partial charge in [-0.2, -0.15) is 0 Å². The van der Waals surface area contributed by atoms with E-state index in [4.69, 9.17) is 27.9 Å². The molecule has 110 valence electrons. The summed E-state index contributed by atoms with van der Waals surface area (Å²) in [6.07, 6.45) is 1.57. The first-order chi connectivity index (χ1) is 10.6. The van der Waals surface area contributed by atoms with Crippen molar-refractivity contribution in [2.45, 2.75) is 6.92 Å². The average molecular weight is 332 g/mol. The Morgan fingerprint density at radius 1 is 1.09 bits per heavy atom. The largest absolute Gasteiger partial charge is 0.402 e. The highest BCUT2D eigenvalue weighted by Crippen LogP contribution is 2.29. The smallest absolute Gasteiger partial charge is 0.363 e. The maximum absolute atomic E-state index is 12.0. The quantitative estimate of drug-likeness (QED) is 0.593. The minimum absolute atomic E-state index is 0.197. The molecule has 0 radical (unpaired) electrons. The van der Waals surface area contributed by atoms with Gasteiger partial charge in [-0.15, -0.1) is 0 Å². The van der Waals surface area contributed by atoms with Gasteiger partial charge < -0.3 is 4.74 Å². The molecule has 5 heteroatoms.